The summed E-state index contributed by atoms with van der Waals surface area (Å²) in [5, 5.41) is 0. The maximum atomic E-state index is 5.84. The summed E-state index contributed by atoms with van der Waals surface area (Å²) < 4.78 is 1.14. The summed E-state index contributed by atoms with van der Waals surface area (Å²) in [4.78, 5) is 2.33. The highest BCUT2D eigenvalue weighted by molar-refractivity contribution is 9.10. The second-order valence-corrected chi connectivity index (χ2v) is 6.55. The van der Waals surface area contributed by atoms with Crippen LogP contribution >= 0.6 is 15.9 Å². The Kier molecular flexibility index (Phi) is 5.23. The van der Waals surface area contributed by atoms with E-state index in [0.717, 1.165) is 17.3 Å². The standard InChI is InChI=1S/C15H25BrN2/c1-6-15(3,4)18(5)14-8-7-12(9-11(2)17)10-13(14)16/h7-8,10-11H,6,9,17H2,1-5H3. The molecule has 1 rings (SSSR count). The predicted molar refractivity (Wildman–Crippen MR) is 84.3 cm³/mol. The number of nitrogens with zero attached hydrogens (tertiary/aromatic N) is 1. The van der Waals surface area contributed by atoms with Gasteiger partial charge >= 0.3 is 0 Å². The van der Waals surface area contributed by atoms with Gasteiger partial charge in [-0.25, -0.2) is 0 Å². The van der Waals surface area contributed by atoms with Gasteiger partial charge in [-0.1, -0.05) is 13.0 Å². The Labute approximate surface area is 120 Å². The summed E-state index contributed by atoms with van der Waals surface area (Å²) in [7, 11) is 2.15. The van der Waals surface area contributed by atoms with Gasteiger partial charge in [0.15, 0.2) is 0 Å². The van der Waals surface area contributed by atoms with Crippen molar-refractivity contribution in [2.24, 2.45) is 5.73 Å². The third-order valence-electron chi connectivity index (χ3n) is 3.70. The minimum atomic E-state index is 0.158. The number of benzene rings is 1. The van der Waals surface area contributed by atoms with E-state index in [9.17, 15) is 0 Å². The monoisotopic (exact) mass is 312 g/mol. The summed E-state index contributed by atoms with van der Waals surface area (Å²) in [5.41, 5.74) is 8.51. The molecule has 1 atom stereocenters. The van der Waals surface area contributed by atoms with Crippen LogP contribution in [0.25, 0.3) is 0 Å². The molecular formula is C15H25BrN2. The van der Waals surface area contributed by atoms with Gasteiger partial charge in [-0.05, 0) is 67.2 Å². The Morgan fingerprint density at radius 2 is 2.00 bits per heavy atom. The number of anilines is 1. The van der Waals surface area contributed by atoms with Crippen LogP contribution in [0.15, 0.2) is 22.7 Å². The molecular weight excluding hydrogens is 288 g/mol. The average molecular weight is 313 g/mol. The van der Waals surface area contributed by atoms with Crippen LogP contribution < -0.4 is 10.6 Å². The van der Waals surface area contributed by atoms with Gasteiger partial charge in [0.1, 0.15) is 0 Å². The van der Waals surface area contributed by atoms with Crippen LogP contribution in [0.3, 0.4) is 0 Å². The van der Waals surface area contributed by atoms with Crippen LogP contribution in [-0.2, 0) is 6.42 Å². The van der Waals surface area contributed by atoms with E-state index in [1.54, 1.807) is 0 Å². The van der Waals surface area contributed by atoms with Gasteiger partial charge in [0.2, 0.25) is 0 Å². The Hall–Kier alpha value is -0.540. The van der Waals surface area contributed by atoms with Gasteiger partial charge in [0.05, 0.1) is 5.69 Å². The van der Waals surface area contributed by atoms with Crippen molar-refractivity contribution in [3.63, 3.8) is 0 Å². The van der Waals surface area contributed by atoms with Crippen molar-refractivity contribution in [2.75, 3.05) is 11.9 Å². The molecule has 0 aliphatic heterocycles. The van der Waals surface area contributed by atoms with Crippen LogP contribution in [0.1, 0.15) is 39.7 Å². The largest absolute Gasteiger partial charge is 0.369 e. The molecule has 0 radical (unpaired) electrons. The molecule has 1 aromatic carbocycles. The molecule has 0 fully saturated rings. The lowest BCUT2D eigenvalue weighted by molar-refractivity contribution is 0.470. The van der Waals surface area contributed by atoms with E-state index in [1.807, 2.05) is 6.92 Å². The van der Waals surface area contributed by atoms with Gasteiger partial charge < -0.3 is 10.6 Å². The second kappa shape index (κ2) is 6.07. The number of hydrogen-bond donors (Lipinski definition) is 1. The zero-order valence-electron chi connectivity index (χ0n) is 12.1. The van der Waals surface area contributed by atoms with Crippen molar-refractivity contribution >= 4 is 21.6 Å². The molecule has 18 heavy (non-hydrogen) atoms. The fourth-order valence-corrected chi connectivity index (χ4v) is 2.58. The fraction of sp³-hybridized carbons (Fsp3) is 0.600. The highest BCUT2D eigenvalue weighted by atomic mass is 79.9. The van der Waals surface area contributed by atoms with Crippen molar-refractivity contribution in [2.45, 2.75) is 52.1 Å². The molecule has 0 aliphatic carbocycles. The highest BCUT2D eigenvalue weighted by Crippen LogP contribution is 2.32. The number of halogens is 1. The Morgan fingerprint density at radius 3 is 2.44 bits per heavy atom. The summed E-state index contributed by atoms with van der Waals surface area (Å²) >= 11 is 3.68. The van der Waals surface area contributed by atoms with Crippen LogP contribution in [0, 0.1) is 0 Å². The van der Waals surface area contributed by atoms with E-state index in [1.165, 1.54) is 11.3 Å². The van der Waals surface area contributed by atoms with E-state index >= 15 is 0 Å². The molecule has 1 aromatic rings. The Balaban J connectivity index is 2.99. The first kappa shape index (κ1) is 15.5. The van der Waals surface area contributed by atoms with Gasteiger partial charge in [-0.15, -0.1) is 0 Å². The van der Waals surface area contributed by atoms with E-state index in [-0.39, 0.29) is 11.6 Å². The van der Waals surface area contributed by atoms with Crippen molar-refractivity contribution < 1.29 is 0 Å². The van der Waals surface area contributed by atoms with Gasteiger partial charge in [0, 0.05) is 23.1 Å². The number of rotatable bonds is 5. The van der Waals surface area contributed by atoms with Crippen molar-refractivity contribution in [1.29, 1.82) is 0 Å². The molecule has 3 heteroatoms. The number of nitrogens with two attached hydrogens (primary N) is 1. The average Bonchev–Trinajstić information content (AvgIpc) is 2.27. The topological polar surface area (TPSA) is 29.3 Å². The molecule has 0 heterocycles. The Morgan fingerprint density at radius 1 is 1.39 bits per heavy atom. The van der Waals surface area contributed by atoms with Gasteiger partial charge in [0.25, 0.3) is 0 Å². The van der Waals surface area contributed by atoms with E-state index in [2.05, 4.69) is 66.8 Å². The smallest absolute Gasteiger partial charge is 0.0512 e. The van der Waals surface area contributed by atoms with E-state index in [0.29, 0.717) is 0 Å². The first-order chi connectivity index (χ1) is 8.27. The van der Waals surface area contributed by atoms with Crippen LogP contribution in [0.5, 0.6) is 0 Å². The maximum Gasteiger partial charge on any atom is 0.0512 e. The lowest BCUT2D eigenvalue weighted by Crippen LogP contribution is -2.40. The summed E-state index contributed by atoms with van der Waals surface area (Å²) in [6.45, 7) is 8.77. The molecule has 0 amide bonds. The third kappa shape index (κ3) is 3.72. The molecule has 102 valence electrons. The van der Waals surface area contributed by atoms with Gasteiger partial charge in [-0.3, -0.25) is 0 Å². The molecule has 0 saturated carbocycles. The fourth-order valence-electron chi connectivity index (χ4n) is 1.88. The first-order valence-corrected chi connectivity index (χ1v) is 7.35. The minimum Gasteiger partial charge on any atom is -0.369 e. The first-order valence-electron chi connectivity index (χ1n) is 6.55. The molecule has 0 aromatic heterocycles. The van der Waals surface area contributed by atoms with Gasteiger partial charge in [-0.2, -0.15) is 0 Å². The zero-order valence-corrected chi connectivity index (χ0v) is 13.7. The quantitative estimate of drug-likeness (QED) is 0.891. The molecule has 0 spiro atoms. The minimum absolute atomic E-state index is 0.158. The predicted octanol–water partition coefficient (Wildman–Crippen LogP) is 3.96. The lowest BCUT2D eigenvalue weighted by Gasteiger charge is -2.37. The number of hydrogen-bond acceptors (Lipinski definition) is 2. The van der Waals surface area contributed by atoms with Crippen molar-refractivity contribution in [3.8, 4) is 0 Å². The molecule has 2 N–H and O–H groups in total. The summed E-state index contributed by atoms with van der Waals surface area (Å²) in [6.07, 6.45) is 2.03. The molecule has 0 saturated heterocycles. The molecule has 2 nitrogen and oxygen atoms in total. The van der Waals surface area contributed by atoms with Crippen molar-refractivity contribution in [1.82, 2.24) is 0 Å². The SMILES string of the molecule is CCC(C)(C)N(C)c1ccc(CC(C)N)cc1Br. The van der Waals surface area contributed by atoms with Crippen LogP contribution in [0.2, 0.25) is 0 Å². The van der Waals surface area contributed by atoms with Crippen LogP contribution in [0.4, 0.5) is 5.69 Å². The summed E-state index contributed by atoms with van der Waals surface area (Å²) in [5.74, 6) is 0. The maximum absolute atomic E-state index is 5.84. The molecule has 0 bridgehead atoms. The third-order valence-corrected chi connectivity index (χ3v) is 4.34. The van der Waals surface area contributed by atoms with Crippen molar-refractivity contribution in [3.05, 3.63) is 28.2 Å². The zero-order chi connectivity index (χ0) is 13.9. The van der Waals surface area contributed by atoms with E-state index in [4.69, 9.17) is 5.73 Å². The Bertz CT molecular complexity index is 399. The highest BCUT2D eigenvalue weighted by Gasteiger charge is 2.22. The van der Waals surface area contributed by atoms with E-state index < -0.39 is 0 Å². The normalized spacial score (nSPS) is 13.5. The molecule has 0 aliphatic rings. The lowest BCUT2D eigenvalue weighted by atomic mass is 9.98. The summed E-state index contributed by atoms with van der Waals surface area (Å²) in [6, 6.07) is 6.74. The second-order valence-electron chi connectivity index (χ2n) is 5.69. The van der Waals surface area contributed by atoms with Crippen LogP contribution in [-0.4, -0.2) is 18.6 Å². The molecule has 1 unspecified atom stereocenters.